The molecule has 0 radical (unpaired) electrons. The number of nitrogens with zero attached hydrogens (tertiary/aromatic N) is 1. The lowest BCUT2D eigenvalue weighted by molar-refractivity contribution is 1.19. The van der Waals surface area contributed by atoms with Crippen LogP contribution in [0.1, 0.15) is 5.56 Å². The van der Waals surface area contributed by atoms with Crippen molar-refractivity contribution in [2.45, 2.75) is 6.92 Å². The minimum Gasteiger partial charge on any atom is -0.308 e. The zero-order valence-electron chi connectivity index (χ0n) is 14.9. The summed E-state index contributed by atoms with van der Waals surface area (Å²) in [6, 6.07) is 30.8. The van der Waals surface area contributed by atoms with Crippen LogP contribution >= 0.6 is 11.3 Å². The summed E-state index contributed by atoms with van der Waals surface area (Å²) in [5.41, 5.74) is 5.10. The molecule has 0 saturated carbocycles. The predicted molar refractivity (Wildman–Crippen MR) is 118 cm³/mol. The molecule has 0 spiro atoms. The van der Waals surface area contributed by atoms with Crippen LogP contribution in [-0.4, -0.2) is 4.57 Å². The molecule has 0 atom stereocenters. The van der Waals surface area contributed by atoms with Crippen LogP contribution in [0.4, 0.5) is 0 Å². The molecule has 2 aromatic heterocycles. The SMILES string of the molecule is Cc1ccc2c(c1)c1ccc3c4ccccc4sc3c1n2-c1ccccc1. The number of para-hydroxylation sites is 1. The molecular formula is C25H17NS. The normalized spacial score (nSPS) is 11.9. The van der Waals surface area contributed by atoms with E-state index in [2.05, 4.69) is 96.4 Å². The lowest BCUT2D eigenvalue weighted by atomic mass is 10.1. The molecule has 128 valence electrons. The first-order valence-electron chi connectivity index (χ1n) is 9.22. The van der Waals surface area contributed by atoms with Crippen LogP contribution in [0.15, 0.2) is 84.9 Å². The molecule has 4 aromatic carbocycles. The number of rotatable bonds is 1. The van der Waals surface area contributed by atoms with Gasteiger partial charge in [0.2, 0.25) is 0 Å². The molecule has 6 aromatic rings. The molecule has 0 saturated heterocycles. The molecule has 0 amide bonds. The summed E-state index contributed by atoms with van der Waals surface area (Å²) in [4.78, 5) is 0. The molecule has 6 rings (SSSR count). The Kier molecular flexibility index (Phi) is 3.03. The topological polar surface area (TPSA) is 4.93 Å². The van der Waals surface area contributed by atoms with E-state index in [9.17, 15) is 0 Å². The molecule has 0 aliphatic rings. The largest absolute Gasteiger partial charge is 0.308 e. The fraction of sp³-hybridized carbons (Fsp3) is 0.0400. The number of hydrogen-bond acceptors (Lipinski definition) is 1. The highest BCUT2D eigenvalue weighted by Crippen LogP contribution is 2.42. The van der Waals surface area contributed by atoms with E-state index in [4.69, 9.17) is 0 Å². The molecule has 0 unspecified atom stereocenters. The summed E-state index contributed by atoms with van der Waals surface area (Å²) in [6.07, 6.45) is 0. The number of benzene rings is 4. The van der Waals surface area contributed by atoms with Gasteiger partial charge in [-0.1, -0.05) is 60.2 Å². The van der Waals surface area contributed by atoms with Crippen molar-refractivity contribution < 1.29 is 0 Å². The van der Waals surface area contributed by atoms with Crippen LogP contribution in [0.2, 0.25) is 0 Å². The molecule has 0 fully saturated rings. The van der Waals surface area contributed by atoms with Crippen molar-refractivity contribution in [1.82, 2.24) is 4.57 Å². The first kappa shape index (κ1) is 15.0. The lowest BCUT2D eigenvalue weighted by Crippen LogP contribution is -1.93. The van der Waals surface area contributed by atoms with Crippen LogP contribution in [0, 0.1) is 6.92 Å². The van der Waals surface area contributed by atoms with Gasteiger partial charge in [0.1, 0.15) is 0 Å². The van der Waals surface area contributed by atoms with Crippen LogP contribution in [0.3, 0.4) is 0 Å². The molecule has 0 aliphatic heterocycles. The molecule has 2 heterocycles. The number of aryl methyl sites for hydroxylation is 1. The van der Waals surface area contributed by atoms with E-state index < -0.39 is 0 Å². The van der Waals surface area contributed by atoms with E-state index in [1.807, 2.05) is 11.3 Å². The number of aromatic nitrogens is 1. The summed E-state index contributed by atoms with van der Waals surface area (Å²) in [5.74, 6) is 0. The van der Waals surface area contributed by atoms with Crippen molar-refractivity contribution in [2.24, 2.45) is 0 Å². The molecule has 1 nitrogen and oxygen atoms in total. The first-order chi connectivity index (χ1) is 13.3. The van der Waals surface area contributed by atoms with E-state index in [0.717, 1.165) is 0 Å². The Bertz CT molecular complexity index is 1470. The summed E-state index contributed by atoms with van der Waals surface area (Å²) >= 11 is 1.90. The quantitative estimate of drug-likeness (QED) is 0.286. The Hall–Kier alpha value is -3.10. The second-order valence-electron chi connectivity index (χ2n) is 7.13. The maximum absolute atomic E-state index is 2.43. The van der Waals surface area contributed by atoms with Gasteiger partial charge >= 0.3 is 0 Å². The summed E-state index contributed by atoms with van der Waals surface area (Å²) in [6.45, 7) is 2.17. The van der Waals surface area contributed by atoms with Crippen molar-refractivity contribution in [3.8, 4) is 5.69 Å². The maximum Gasteiger partial charge on any atom is 0.0719 e. The number of fused-ring (bicyclic) bond motifs is 7. The van der Waals surface area contributed by atoms with E-state index in [0.29, 0.717) is 0 Å². The van der Waals surface area contributed by atoms with Gasteiger partial charge in [-0.25, -0.2) is 0 Å². The standard InChI is InChI=1S/C25H17NS/c1-16-11-14-22-21(15-16)19-12-13-20-18-9-5-6-10-23(18)27-25(20)24(19)26(22)17-7-3-2-4-8-17/h2-15H,1H3. The van der Waals surface area contributed by atoms with Crippen molar-refractivity contribution in [3.05, 3.63) is 90.5 Å². The Morgan fingerprint density at radius 2 is 1.44 bits per heavy atom. The second kappa shape index (κ2) is 5.45. The Morgan fingerprint density at radius 1 is 0.667 bits per heavy atom. The van der Waals surface area contributed by atoms with Crippen LogP contribution < -0.4 is 0 Å². The van der Waals surface area contributed by atoms with Gasteiger partial charge in [-0.15, -0.1) is 11.3 Å². The van der Waals surface area contributed by atoms with Gasteiger partial charge < -0.3 is 4.57 Å². The third-order valence-corrected chi connectivity index (χ3v) is 6.64. The minimum atomic E-state index is 1.21. The Morgan fingerprint density at radius 3 is 2.33 bits per heavy atom. The van der Waals surface area contributed by atoms with E-state index in [1.165, 1.54) is 53.2 Å². The van der Waals surface area contributed by atoms with E-state index in [-0.39, 0.29) is 0 Å². The minimum absolute atomic E-state index is 1.21. The highest BCUT2D eigenvalue weighted by atomic mass is 32.1. The smallest absolute Gasteiger partial charge is 0.0719 e. The average Bonchev–Trinajstić information content (AvgIpc) is 3.24. The van der Waals surface area contributed by atoms with E-state index >= 15 is 0 Å². The van der Waals surface area contributed by atoms with Gasteiger partial charge in [0.05, 0.1) is 15.7 Å². The van der Waals surface area contributed by atoms with E-state index in [1.54, 1.807) is 0 Å². The molecule has 0 bridgehead atoms. The van der Waals surface area contributed by atoms with Crippen LogP contribution in [0.25, 0.3) is 47.7 Å². The average molecular weight is 363 g/mol. The zero-order valence-corrected chi connectivity index (χ0v) is 15.8. The van der Waals surface area contributed by atoms with Gasteiger partial charge in [-0.2, -0.15) is 0 Å². The van der Waals surface area contributed by atoms with Crippen molar-refractivity contribution >= 4 is 53.3 Å². The number of hydrogen-bond donors (Lipinski definition) is 0. The molecular weight excluding hydrogens is 346 g/mol. The Labute approximate surface area is 161 Å². The van der Waals surface area contributed by atoms with Crippen LogP contribution in [0.5, 0.6) is 0 Å². The van der Waals surface area contributed by atoms with Gasteiger partial charge in [-0.3, -0.25) is 0 Å². The number of thiophene rings is 1. The summed E-state index contributed by atoms with van der Waals surface area (Å²) in [7, 11) is 0. The summed E-state index contributed by atoms with van der Waals surface area (Å²) < 4.78 is 5.15. The fourth-order valence-electron chi connectivity index (χ4n) is 4.24. The molecule has 27 heavy (non-hydrogen) atoms. The fourth-order valence-corrected chi connectivity index (χ4v) is 5.48. The monoisotopic (exact) mass is 363 g/mol. The van der Waals surface area contributed by atoms with Crippen molar-refractivity contribution in [2.75, 3.05) is 0 Å². The van der Waals surface area contributed by atoms with Crippen molar-refractivity contribution in [3.63, 3.8) is 0 Å². The lowest BCUT2D eigenvalue weighted by Gasteiger charge is -2.08. The maximum atomic E-state index is 2.43. The molecule has 0 N–H and O–H groups in total. The zero-order chi connectivity index (χ0) is 18.0. The first-order valence-corrected chi connectivity index (χ1v) is 10.0. The third-order valence-electron chi connectivity index (χ3n) is 5.44. The van der Waals surface area contributed by atoms with Gasteiger partial charge in [0.25, 0.3) is 0 Å². The second-order valence-corrected chi connectivity index (χ2v) is 8.18. The summed E-state index contributed by atoms with van der Waals surface area (Å²) in [5, 5.41) is 5.35. The van der Waals surface area contributed by atoms with Crippen molar-refractivity contribution in [1.29, 1.82) is 0 Å². The highest BCUT2D eigenvalue weighted by Gasteiger charge is 2.17. The molecule has 0 aliphatic carbocycles. The van der Waals surface area contributed by atoms with Gasteiger partial charge in [0, 0.05) is 31.9 Å². The molecule has 2 heteroatoms. The Balaban J connectivity index is 1.92. The highest BCUT2D eigenvalue weighted by molar-refractivity contribution is 7.26. The van der Waals surface area contributed by atoms with Gasteiger partial charge in [0.15, 0.2) is 0 Å². The third kappa shape index (κ3) is 2.05. The van der Waals surface area contributed by atoms with Gasteiger partial charge in [-0.05, 0) is 37.3 Å². The predicted octanol–water partition coefficient (Wildman–Crippen LogP) is 7.46. The van der Waals surface area contributed by atoms with Crippen LogP contribution in [-0.2, 0) is 0 Å².